The fraction of sp³-hybridized carbons (Fsp3) is 0.200. The minimum atomic E-state index is -0.227. The summed E-state index contributed by atoms with van der Waals surface area (Å²) >= 11 is 5.93. The molecule has 1 aromatic heterocycles. The minimum absolute atomic E-state index is 0.227. The lowest BCUT2D eigenvalue weighted by Crippen LogP contribution is -1.91. The summed E-state index contributed by atoms with van der Waals surface area (Å²) in [4.78, 5) is 0. The lowest BCUT2D eigenvalue weighted by atomic mass is 10.2. The van der Waals surface area contributed by atoms with Crippen molar-refractivity contribution < 1.29 is 4.39 Å². The second kappa shape index (κ2) is 2.74. The van der Waals surface area contributed by atoms with Gasteiger partial charge in [0.15, 0.2) is 0 Å². The van der Waals surface area contributed by atoms with Crippen molar-refractivity contribution in [3.05, 3.63) is 34.7 Å². The highest BCUT2D eigenvalue weighted by Gasteiger charge is 2.09. The van der Waals surface area contributed by atoms with E-state index in [4.69, 9.17) is 11.6 Å². The SMILES string of the molecule is Cc1cc2c(Cl)ccc(F)c2n1C. The van der Waals surface area contributed by atoms with Crippen LogP contribution in [0.2, 0.25) is 5.02 Å². The van der Waals surface area contributed by atoms with Gasteiger partial charge in [0.2, 0.25) is 0 Å². The number of fused-ring (bicyclic) bond motifs is 1. The number of aromatic nitrogens is 1. The Bertz CT molecular complexity index is 473. The van der Waals surface area contributed by atoms with Crippen LogP contribution in [0, 0.1) is 12.7 Å². The third kappa shape index (κ3) is 1.13. The second-order valence-corrected chi connectivity index (χ2v) is 3.54. The molecule has 3 heteroatoms. The zero-order valence-corrected chi connectivity index (χ0v) is 8.19. The van der Waals surface area contributed by atoms with Crippen LogP contribution in [-0.2, 0) is 7.05 Å². The van der Waals surface area contributed by atoms with Crippen LogP contribution in [-0.4, -0.2) is 4.57 Å². The molecule has 0 atom stereocenters. The molecule has 68 valence electrons. The fourth-order valence-electron chi connectivity index (χ4n) is 1.52. The van der Waals surface area contributed by atoms with Gasteiger partial charge in [0.25, 0.3) is 0 Å². The first-order valence-corrected chi connectivity index (χ1v) is 4.39. The van der Waals surface area contributed by atoms with E-state index in [1.165, 1.54) is 6.07 Å². The molecule has 1 heterocycles. The molecule has 0 N–H and O–H groups in total. The first-order chi connectivity index (χ1) is 6.11. The highest BCUT2D eigenvalue weighted by molar-refractivity contribution is 6.35. The molecule has 1 nitrogen and oxygen atoms in total. The number of hydrogen-bond acceptors (Lipinski definition) is 0. The number of rotatable bonds is 0. The summed E-state index contributed by atoms with van der Waals surface area (Å²) in [5.41, 5.74) is 1.58. The summed E-state index contributed by atoms with van der Waals surface area (Å²) in [5.74, 6) is -0.227. The maximum Gasteiger partial charge on any atom is 0.147 e. The van der Waals surface area contributed by atoms with Crippen molar-refractivity contribution in [3.63, 3.8) is 0 Å². The van der Waals surface area contributed by atoms with Gasteiger partial charge >= 0.3 is 0 Å². The Kier molecular flexibility index (Phi) is 1.81. The highest BCUT2D eigenvalue weighted by Crippen LogP contribution is 2.27. The van der Waals surface area contributed by atoms with Crippen LogP contribution in [0.3, 0.4) is 0 Å². The van der Waals surface area contributed by atoms with Gasteiger partial charge in [-0.1, -0.05) is 11.6 Å². The van der Waals surface area contributed by atoms with Crippen molar-refractivity contribution >= 4 is 22.5 Å². The van der Waals surface area contributed by atoms with Gasteiger partial charge in [-0.05, 0) is 25.1 Å². The minimum Gasteiger partial charge on any atom is -0.346 e. The highest BCUT2D eigenvalue weighted by atomic mass is 35.5. The largest absolute Gasteiger partial charge is 0.346 e. The average molecular weight is 198 g/mol. The van der Waals surface area contributed by atoms with Crippen LogP contribution in [0.4, 0.5) is 4.39 Å². The van der Waals surface area contributed by atoms with E-state index in [0.29, 0.717) is 10.5 Å². The summed E-state index contributed by atoms with van der Waals surface area (Å²) in [5, 5.41) is 1.38. The Morgan fingerprint density at radius 2 is 2.08 bits per heavy atom. The van der Waals surface area contributed by atoms with Gasteiger partial charge in [-0.15, -0.1) is 0 Å². The van der Waals surface area contributed by atoms with Crippen molar-refractivity contribution in [1.82, 2.24) is 4.57 Å². The standard InChI is InChI=1S/C10H9ClFN/c1-6-5-7-8(11)3-4-9(12)10(7)13(6)2/h3-5H,1-2H3. The van der Waals surface area contributed by atoms with Crippen molar-refractivity contribution in [3.8, 4) is 0 Å². The Morgan fingerprint density at radius 1 is 1.38 bits per heavy atom. The van der Waals surface area contributed by atoms with E-state index < -0.39 is 0 Å². The summed E-state index contributed by atoms with van der Waals surface area (Å²) in [6, 6.07) is 4.86. The van der Waals surface area contributed by atoms with Gasteiger partial charge in [0, 0.05) is 18.1 Å². The number of halogens is 2. The zero-order chi connectivity index (χ0) is 9.59. The molecular formula is C10H9ClFN. The first kappa shape index (κ1) is 8.57. The molecule has 13 heavy (non-hydrogen) atoms. The van der Waals surface area contributed by atoms with Crippen LogP contribution in [0.5, 0.6) is 0 Å². The Labute approximate surface area is 80.7 Å². The predicted octanol–water partition coefficient (Wildman–Crippen LogP) is 3.28. The van der Waals surface area contributed by atoms with E-state index in [2.05, 4.69) is 0 Å². The first-order valence-electron chi connectivity index (χ1n) is 4.01. The Morgan fingerprint density at radius 3 is 2.69 bits per heavy atom. The van der Waals surface area contributed by atoms with E-state index in [0.717, 1.165) is 11.1 Å². The predicted molar refractivity (Wildman–Crippen MR) is 52.6 cm³/mol. The quantitative estimate of drug-likeness (QED) is 0.611. The summed E-state index contributed by atoms with van der Waals surface area (Å²) < 4.78 is 15.2. The van der Waals surface area contributed by atoms with E-state index >= 15 is 0 Å². The van der Waals surface area contributed by atoms with Crippen LogP contribution < -0.4 is 0 Å². The molecule has 0 saturated heterocycles. The summed E-state index contributed by atoms with van der Waals surface area (Å²) in [6.07, 6.45) is 0. The molecule has 0 saturated carbocycles. The maximum atomic E-state index is 13.4. The molecule has 0 radical (unpaired) electrons. The Hall–Kier alpha value is -1.02. The zero-order valence-electron chi connectivity index (χ0n) is 7.44. The molecule has 0 bridgehead atoms. The topological polar surface area (TPSA) is 4.93 Å². The molecule has 0 amide bonds. The lowest BCUT2D eigenvalue weighted by Gasteiger charge is -2.00. The van der Waals surface area contributed by atoms with E-state index in [9.17, 15) is 4.39 Å². The molecule has 2 rings (SSSR count). The smallest absolute Gasteiger partial charge is 0.147 e. The number of nitrogens with zero attached hydrogens (tertiary/aromatic N) is 1. The van der Waals surface area contributed by atoms with Crippen LogP contribution in [0.25, 0.3) is 10.9 Å². The molecular weight excluding hydrogens is 189 g/mol. The molecule has 0 unspecified atom stereocenters. The van der Waals surface area contributed by atoms with E-state index in [-0.39, 0.29) is 5.82 Å². The van der Waals surface area contributed by atoms with Crippen molar-refractivity contribution in [1.29, 1.82) is 0 Å². The van der Waals surface area contributed by atoms with Crippen LogP contribution >= 0.6 is 11.6 Å². The van der Waals surface area contributed by atoms with Crippen molar-refractivity contribution in [2.45, 2.75) is 6.92 Å². The maximum absolute atomic E-state index is 13.4. The summed E-state index contributed by atoms with van der Waals surface area (Å²) in [6.45, 7) is 1.93. The number of hydrogen-bond donors (Lipinski definition) is 0. The molecule has 0 fully saturated rings. The molecule has 1 aromatic carbocycles. The second-order valence-electron chi connectivity index (χ2n) is 3.14. The van der Waals surface area contributed by atoms with Gasteiger partial charge in [0.1, 0.15) is 5.82 Å². The van der Waals surface area contributed by atoms with Gasteiger partial charge in [-0.2, -0.15) is 0 Å². The molecule has 0 aliphatic rings. The lowest BCUT2D eigenvalue weighted by molar-refractivity contribution is 0.631. The molecule has 2 aromatic rings. The van der Waals surface area contributed by atoms with Crippen LogP contribution in [0.15, 0.2) is 18.2 Å². The van der Waals surface area contributed by atoms with E-state index in [1.807, 2.05) is 20.0 Å². The third-order valence-corrected chi connectivity index (χ3v) is 2.66. The van der Waals surface area contributed by atoms with Crippen molar-refractivity contribution in [2.24, 2.45) is 7.05 Å². The molecule has 0 aliphatic carbocycles. The Balaban J connectivity index is 3.00. The van der Waals surface area contributed by atoms with Gasteiger partial charge in [0.05, 0.1) is 10.5 Å². The summed E-state index contributed by atoms with van der Waals surface area (Å²) in [7, 11) is 1.83. The van der Waals surface area contributed by atoms with Crippen molar-refractivity contribution in [2.75, 3.05) is 0 Å². The van der Waals surface area contributed by atoms with Gasteiger partial charge in [-0.3, -0.25) is 0 Å². The van der Waals surface area contributed by atoms with Crippen LogP contribution in [0.1, 0.15) is 5.69 Å². The third-order valence-electron chi connectivity index (χ3n) is 2.33. The van der Waals surface area contributed by atoms with E-state index in [1.54, 1.807) is 10.6 Å². The van der Waals surface area contributed by atoms with Gasteiger partial charge in [-0.25, -0.2) is 4.39 Å². The molecule has 0 aliphatic heterocycles. The van der Waals surface area contributed by atoms with Gasteiger partial charge < -0.3 is 4.57 Å². The monoisotopic (exact) mass is 197 g/mol. The number of benzene rings is 1. The molecule has 0 spiro atoms. The number of aryl methyl sites for hydroxylation is 2. The normalized spacial score (nSPS) is 11.1. The average Bonchev–Trinajstić information content (AvgIpc) is 2.38. The fourth-order valence-corrected chi connectivity index (χ4v) is 1.72.